The van der Waals surface area contributed by atoms with Crippen molar-refractivity contribution < 1.29 is 14.1 Å². The number of amides is 1. The van der Waals surface area contributed by atoms with Crippen LogP contribution in [0.4, 0.5) is 15.9 Å². The summed E-state index contributed by atoms with van der Waals surface area (Å²) in [6, 6.07) is 11.9. The Hall–Kier alpha value is -4.41. The van der Waals surface area contributed by atoms with Gasteiger partial charge in [-0.05, 0) is 36.4 Å². The molecule has 29 heavy (non-hydrogen) atoms. The Kier molecular flexibility index (Phi) is 4.53. The lowest BCUT2D eigenvalue weighted by atomic mass is 10.2. The topological polar surface area (TPSA) is 128 Å². The molecular weight excluding hydrogens is 381 g/mol. The minimum atomic E-state index is -0.656. The number of hydrazine groups is 1. The number of hydrogen-bond donors (Lipinski definition) is 2. The molecule has 0 radical (unpaired) electrons. The van der Waals surface area contributed by atoms with E-state index >= 15 is 0 Å². The van der Waals surface area contributed by atoms with Crippen LogP contribution in [0.2, 0.25) is 0 Å². The first-order valence-electron chi connectivity index (χ1n) is 8.28. The lowest BCUT2D eigenvalue weighted by Gasteiger charge is -2.10. The number of carbonyl (C=O) groups is 1. The molecule has 2 heterocycles. The Morgan fingerprint density at radius 3 is 2.59 bits per heavy atom. The smallest absolute Gasteiger partial charge is 0.277 e. The Balaban J connectivity index is 1.68. The molecule has 2 N–H and O–H groups in total. The van der Waals surface area contributed by atoms with Crippen molar-refractivity contribution in [3.8, 4) is 5.82 Å². The van der Waals surface area contributed by atoms with Gasteiger partial charge in [0.1, 0.15) is 18.5 Å². The molecule has 144 valence electrons. The number of nitro groups is 1. The van der Waals surface area contributed by atoms with E-state index in [1.54, 1.807) is 24.3 Å². The van der Waals surface area contributed by atoms with Crippen molar-refractivity contribution in [2.75, 3.05) is 5.43 Å². The highest BCUT2D eigenvalue weighted by atomic mass is 19.1. The monoisotopic (exact) mass is 393 g/mol. The average molecular weight is 393 g/mol. The number of rotatable bonds is 5. The number of halogens is 1. The zero-order valence-corrected chi connectivity index (χ0v) is 14.6. The number of para-hydroxylation sites is 2. The fourth-order valence-corrected chi connectivity index (χ4v) is 2.72. The lowest BCUT2D eigenvalue weighted by molar-refractivity contribution is -0.384. The van der Waals surface area contributed by atoms with Gasteiger partial charge < -0.3 is 0 Å². The summed E-state index contributed by atoms with van der Waals surface area (Å²) in [6.07, 6.45) is 2.55. The molecule has 0 saturated heterocycles. The summed E-state index contributed by atoms with van der Waals surface area (Å²) < 4.78 is 14.4. The van der Waals surface area contributed by atoms with Crippen LogP contribution in [0.3, 0.4) is 0 Å². The van der Waals surface area contributed by atoms with Crippen molar-refractivity contribution in [1.29, 1.82) is 0 Å². The van der Waals surface area contributed by atoms with Gasteiger partial charge in [0.25, 0.3) is 5.91 Å². The molecule has 0 aliphatic carbocycles. The van der Waals surface area contributed by atoms with Crippen LogP contribution in [0.15, 0.2) is 61.2 Å². The van der Waals surface area contributed by atoms with Crippen LogP contribution in [0, 0.1) is 15.9 Å². The van der Waals surface area contributed by atoms with Gasteiger partial charge in [0.15, 0.2) is 0 Å². The summed E-state index contributed by atoms with van der Waals surface area (Å²) in [6.45, 7) is 0. The largest absolute Gasteiger partial charge is 0.355 e. The number of hydrogen-bond acceptors (Lipinski definition) is 7. The van der Waals surface area contributed by atoms with Gasteiger partial charge in [0, 0.05) is 5.56 Å². The molecule has 0 fully saturated rings. The number of anilines is 1. The van der Waals surface area contributed by atoms with Crippen molar-refractivity contribution in [1.82, 2.24) is 24.9 Å². The van der Waals surface area contributed by atoms with Gasteiger partial charge in [-0.15, -0.1) is 0 Å². The number of imidazole rings is 1. The van der Waals surface area contributed by atoms with E-state index in [-0.39, 0.29) is 17.2 Å². The number of carbonyl (C=O) groups excluding carboxylic acids is 1. The van der Waals surface area contributed by atoms with E-state index in [0.717, 1.165) is 18.5 Å². The maximum atomic E-state index is 13.0. The van der Waals surface area contributed by atoms with Crippen LogP contribution in [-0.4, -0.2) is 30.3 Å². The first kappa shape index (κ1) is 18.0. The van der Waals surface area contributed by atoms with Crippen LogP contribution in [-0.2, 0) is 0 Å². The molecule has 4 aromatic rings. The first-order chi connectivity index (χ1) is 14.0. The van der Waals surface area contributed by atoms with Gasteiger partial charge in [0.05, 0.1) is 16.0 Å². The number of nitrogens with one attached hydrogen (secondary N) is 2. The molecule has 2 aromatic heterocycles. The van der Waals surface area contributed by atoms with Crippen molar-refractivity contribution in [2.45, 2.75) is 0 Å². The molecule has 0 aliphatic rings. The molecule has 10 nitrogen and oxygen atoms in total. The molecule has 4 rings (SSSR count). The highest BCUT2D eigenvalue weighted by molar-refractivity contribution is 5.95. The molecule has 0 saturated carbocycles. The van der Waals surface area contributed by atoms with E-state index < -0.39 is 22.3 Å². The predicted molar refractivity (Wildman–Crippen MR) is 101 cm³/mol. The molecule has 0 atom stereocenters. The molecule has 0 aliphatic heterocycles. The summed E-state index contributed by atoms with van der Waals surface area (Å²) >= 11 is 0. The van der Waals surface area contributed by atoms with Crippen molar-refractivity contribution in [3.63, 3.8) is 0 Å². The van der Waals surface area contributed by atoms with Crippen LogP contribution in [0.1, 0.15) is 10.4 Å². The van der Waals surface area contributed by atoms with Crippen molar-refractivity contribution >= 4 is 28.4 Å². The minimum absolute atomic E-state index is 0.0165. The molecular formula is C18H12FN7O3. The summed E-state index contributed by atoms with van der Waals surface area (Å²) in [4.78, 5) is 35.3. The second kappa shape index (κ2) is 7.31. The number of nitrogens with zero attached hydrogens (tertiary/aromatic N) is 5. The number of benzene rings is 2. The predicted octanol–water partition coefficient (Wildman–Crippen LogP) is 2.62. The molecule has 2 aromatic carbocycles. The highest BCUT2D eigenvalue weighted by Gasteiger charge is 2.25. The van der Waals surface area contributed by atoms with E-state index in [2.05, 4.69) is 25.8 Å². The third-order valence-corrected chi connectivity index (χ3v) is 4.07. The van der Waals surface area contributed by atoms with Crippen LogP contribution < -0.4 is 10.9 Å². The van der Waals surface area contributed by atoms with Gasteiger partial charge in [-0.2, -0.15) is 0 Å². The second-order valence-electron chi connectivity index (χ2n) is 5.84. The summed E-state index contributed by atoms with van der Waals surface area (Å²) in [5, 5.41) is 11.7. The molecule has 0 bridgehead atoms. The van der Waals surface area contributed by atoms with Gasteiger partial charge in [-0.3, -0.25) is 30.3 Å². The molecule has 0 spiro atoms. The SMILES string of the molecule is O=C(NNc1ncnc(-n2cnc3ccccc32)c1[N+](=O)[O-])c1ccc(F)cc1. The fraction of sp³-hybridized carbons (Fsp3) is 0. The van der Waals surface area contributed by atoms with E-state index in [0.29, 0.717) is 11.0 Å². The standard InChI is InChI=1S/C18H12FN7O3/c19-12-7-5-11(6-8-12)18(27)24-23-16-15(26(28)29)17(21-9-20-16)25-10-22-13-3-1-2-4-14(13)25/h1-10H,(H,24,27)(H,20,21,23). The average Bonchev–Trinajstić information content (AvgIpc) is 3.16. The van der Waals surface area contributed by atoms with Gasteiger partial charge in [-0.25, -0.2) is 19.3 Å². The zero-order valence-electron chi connectivity index (χ0n) is 14.6. The number of aromatic nitrogens is 4. The first-order valence-corrected chi connectivity index (χ1v) is 8.28. The summed E-state index contributed by atoms with van der Waals surface area (Å²) in [5.74, 6) is -1.34. The highest BCUT2D eigenvalue weighted by Crippen LogP contribution is 2.29. The van der Waals surface area contributed by atoms with Crippen LogP contribution in [0.5, 0.6) is 0 Å². The lowest BCUT2D eigenvalue weighted by Crippen LogP contribution is -2.30. The zero-order chi connectivity index (χ0) is 20.4. The van der Waals surface area contributed by atoms with Gasteiger partial charge >= 0.3 is 5.69 Å². The Morgan fingerprint density at radius 2 is 1.83 bits per heavy atom. The maximum absolute atomic E-state index is 13.0. The maximum Gasteiger partial charge on any atom is 0.355 e. The Labute approximate surface area is 162 Å². The summed E-state index contributed by atoms with van der Waals surface area (Å²) in [7, 11) is 0. The summed E-state index contributed by atoms with van der Waals surface area (Å²) in [5.41, 5.74) is 5.72. The quantitative estimate of drug-likeness (QED) is 0.394. The van der Waals surface area contributed by atoms with Crippen LogP contribution in [0.25, 0.3) is 16.9 Å². The Morgan fingerprint density at radius 1 is 1.07 bits per heavy atom. The third-order valence-electron chi connectivity index (χ3n) is 4.07. The van der Waals surface area contributed by atoms with Crippen LogP contribution >= 0.6 is 0 Å². The fourth-order valence-electron chi connectivity index (χ4n) is 2.72. The van der Waals surface area contributed by atoms with E-state index in [4.69, 9.17) is 0 Å². The Bertz CT molecular complexity index is 1220. The second-order valence-corrected chi connectivity index (χ2v) is 5.84. The normalized spacial score (nSPS) is 10.7. The molecule has 11 heteroatoms. The van der Waals surface area contributed by atoms with Gasteiger partial charge in [0.2, 0.25) is 11.6 Å². The minimum Gasteiger partial charge on any atom is -0.277 e. The van der Waals surface area contributed by atoms with Crippen molar-refractivity contribution in [3.05, 3.63) is 82.7 Å². The van der Waals surface area contributed by atoms with E-state index in [1.165, 1.54) is 23.0 Å². The number of fused-ring (bicyclic) bond motifs is 1. The van der Waals surface area contributed by atoms with Crippen molar-refractivity contribution in [2.24, 2.45) is 0 Å². The van der Waals surface area contributed by atoms with E-state index in [9.17, 15) is 19.3 Å². The molecule has 0 unspecified atom stereocenters. The molecule has 1 amide bonds. The third kappa shape index (κ3) is 3.43. The van der Waals surface area contributed by atoms with Gasteiger partial charge in [-0.1, -0.05) is 12.1 Å². The van der Waals surface area contributed by atoms with E-state index in [1.807, 2.05) is 0 Å².